The Bertz CT molecular complexity index is 1030. The SMILES string of the molecule is Cc1nc(N2CCCC2)c2c(C)c(C(=O)Nc3cccc(C)c3C)sc2n1. The van der Waals surface area contributed by atoms with Gasteiger partial charge in [-0.3, -0.25) is 4.79 Å². The first kappa shape index (κ1) is 17.9. The van der Waals surface area contributed by atoms with Crippen molar-refractivity contribution in [3.05, 3.63) is 45.6 Å². The Labute approximate surface area is 163 Å². The molecule has 140 valence electrons. The molecule has 2 aromatic heterocycles. The normalized spacial score (nSPS) is 14.1. The third-order valence-electron chi connectivity index (χ3n) is 5.35. The van der Waals surface area contributed by atoms with Gasteiger partial charge in [-0.05, 0) is 63.3 Å². The summed E-state index contributed by atoms with van der Waals surface area (Å²) in [7, 11) is 0. The highest BCUT2D eigenvalue weighted by molar-refractivity contribution is 7.20. The van der Waals surface area contributed by atoms with Crippen LogP contribution in [0.5, 0.6) is 0 Å². The van der Waals surface area contributed by atoms with Crippen LogP contribution in [0.2, 0.25) is 0 Å². The molecule has 1 fully saturated rings. The summed E-state index contributed by atoms with van der Waals surface area (Å²) in [6.07, 6.45) is 2.38. The first-order chi connectivity index (χ1) is 13.0. The van der Waals surface area contributed by atoms with Crippen molar-refractivity contribution in [2.75, 3.05) is 23.3 Å². The predicted octanol–water partition coefficient (Wildman–Crippen LogP) is 4.78. The van der Waals surface area contributed by atoms with Gasteiger partial charge < -0.3 is 10.2 Å². The summed E-state index contributed by atoms with van der Waals surface area (Å²) in [4.78, 5) is 26.3. The molecule has 4 rings (SSSR count). The lowest BCUT2D eigenvalue weighted by atomic mass is 10.1. The van der Waals surface area contributed by atoms with Crippen molar-refractivity contribution in [3.8, 4) is 0 Å². The number of nitrogens with zero attached hydrogens (tertiary/aromatic N) is 3. The van der Waals surface area contributed by atoms with Crippen LogP contribution in [-0.4, -0.2) is 29.0 Å². The van der Waals surface area contributed by atoms with Crippen molar-refractivity contribution in [1.82, 2.24) is 9.97 Å². The molecule has 0 unspecified atom stereocenters. The van der Waals surface area contributed by atoms with Crippen LogP contribution in [-0.2, 0) is 0 Å². The first-order valence-electron chi connectivity index (χ1n) is 9.36. The monoisotopic (exact) mass is 380 g/mol. The van der Waals surface area contributed by atoms with Crippen LogP contribution in [0.4, 0.5) is 11.5 Å². The number of hydrogen-bond acceptors (Lipinski definition) is 5. The number of amides is 1. The van der Waals surface area contributed by atoms with Crippen LogP contribution in [0.1, 0.15) is 45.0 Å². The summed E-state index contributed by atoms with van der Waals surface area (Å²) < 4.78 is 0. The van der Waals surface area contributed by atoms with Crippen molar-refractivity contribution < 1.29 is 4.79 Å². The van der Waals surface area contributed by atoms with Gasteiger partial charge in [0.05, 0.1) is 10.3 Å². The second-order valence-electron chi connectivity index (χ2n) is 7.23. The minimum absolute atomic E-state index is 0.0748. The number of carbonyl (C=O) groups is 1. The maximum absolute atomic E-state index is 13.0. The van der Waals surface area contributed by atoms with Crippen LogP contribution in [0, 0.1) is 27.7 Å². The van der Waals surface area contributed by atoms with Crippen molar-refractivity contribution in [1.29, 1.82) is 0 Å². The first-order valence-corrected chi connectivity index (χ1v) is 10.2. The van der Waals surface area contributed by atoms with E-state index < -0.39 is 0 Å². The van der Waals surface area contributed by atoms with Crippen LogP contribution < -0.4 is 10.2 Å². The average molecular weight is 381 g/mol. The molecule has 27 heavy (non-hydrogen) atoms. The summed E-state index contributed by atoms with van der Waals surface area (Å²) in [5.41, 5.74) is 4.09. The fourth-order valence-corrected chi connectivity index (χ4v) is 4.78. The van der Waals surface area contributed by atoms with Gasteiger partial charge in [0.25, 0.3) is 5.91 Å². The molecule has 1 amide bonds. The van der Waals surface area contributed by atoms with Crippen molar-refractivity contribution in [2.24, 2.45) is 0 Å². The molecule has 3 aromatic rings. The fourth-order valence-electron chi connectivity index (χ4n) is 3.66. The van der Waals surface area contributed by atoms with E-state index in [1.165, 1.54) is 29.7 Å². The van der Waals surface area contributed by atoms with E-state index in [2.05, 4.69) is 28.2 Å². The number of benzene rings is 1. The average Bonchev–Trinajstić information content (AvgIpc) is 3.27. The summed E-state index contributed by atoms with van der Waals surface area (Å²) in [6, 6.07) is 5.97. The van der Waals surface area contributed by atoms with Crippen LogP contribution in [0.15, 0.2) is 18.2 Å². The highest BCUT2D eigenvalue weighted by atomic mass is 32.1. The number of thiophene rings is 1. The van der Waals surface area contributed by atoms with E-state index in [9.17, 15) is 4.79 Å². The lowest BCUT2D eigenvalue weighted by Gasteiger charge is -2.18. The molecular formula is C21H24N4OS. The Morgan fingerprint density at radius 2 is 1.81 bits per heavy atom. The predicted molar refractivity (Wildman–Crippen MR) is 112 cm³/mol. The molecule has 0 aliphatic carbocycles. The summed E-state index contributed by atoms with van der Waals surface area (Å²) in [5.74, 6) is 1.66. The Morgan fingerprint density at radius 1 is 1.07 bits per heavy atom. The van der Waals surface area contributed by atoms with Crippen LogP contribution >= 0.6 is 11.3 Å². The molecule has 0 spiro atoms. The van der Waals surface area contributed by atoms with E-state index in [0.717, 1.165) is 51.8 Å². The summed E-state index contributed by atoms with van der Waals surface area (Å²) in [5, 5.41) is 4.11. The van der Waals surface area contributed by atoms with Crippen molar-refractivity contribution in [3.63, 3.8) is 0 Å². The zero-order valence-electron chi connectivity index (χ0n) is 16.2. The van der Waals surface area contributed by atoms with Crippen molar-refractivity contribution >= 4 is 39.0 Å². The molecule has 1 aromatic carbocycles. The number of aromatic nitrogens is 2. The zero-order chi connectivity index (χ0) is 19.1. The molecule has 0 radical (unpaired) electrons. The van der Waals surface area contributed by atoms with E-state index in [1.807, 2.05) is 32.9 Å². The Morgan fingerprint density at radius 3 is 2.56 bits per heavy atom. The minimum Gasteiger partial charge on any atom is -0.356 e. The third kappa shape index (κ3) is 3.18. The van der Waals surface area contributed by atoms with Gasteiger partial charge in [0.15, 0.2) is 0 Å². The number of hydrogen-bond donors (Lipinski definition) is 1. The van der Waals surface area contributed by atoms with E-state index >= 15 is 0 Å². The summed E-state index contributed by atoms with van der Waals surface area (Å²) >= 11 is 1.46. The van der Waals surface area contributed by atoms with Gasteiger partial charge in [-0.15, -0.1) is 11.3 Å². The van der Waals surface area contributed by atoms with Gasteiger partial charge in [0.1, 0.15) is 16.5 Å². The Kier molecular flexibility index (Phi) is 4.60. The number of fused-ring (bicyclic) bond motifs is 1. The van der Waals surface area contributed by atoms with Gasteiger partial charge >= 0.3 is 0 Å². The molecule has 3 heterocycles. The van der Waals surface area contributed by atoms with Gasteiger partial charge in [-0.25, -0.2) is 9.97 Å². The minimum atomic E-state index is -0.0748. The Balaban J connectivity index is 1.76. The smallest absolute Gasteiger partial charge is 0.266 e. The molecule has 5 nitrogen and oxygen atoms in total. The fraction of sp³-hybridized carbons (Fsp3) is 0.381. The molecule has 0 bridgehead atoms. The van der Waals surface area contributed by atoms with Gasteiger partial charge in [0.2, 0.25) is 0 Å². The van der Waals surface area contributed by atoms with E-state index in [0.29, 0.717) is 4.88 Å². The largest absolute Gasteiger partial charge is 0.356 e. The Hall–Kier alpha value is -2.47. The number of carbonyl (C=O) groups excluding carboxylic acids is 1. The van der Waals surface area contributed by atoms with Gasteiger partial charge in [-0.1, -0.05) is 12.1 Å². The molecule has 0 atom stereocenters. The lowest BCUT2D eigenvalue weighted by Crippen LogP contribution is -2.20. The van der Waals surface area contributed by atoms with E-state index in [-0.39, 0.29) is 5.91 Å². The van der Waals surface area contributed by atoms with E-state index in [1.54, 1.807) is 0 Å². The maximum Gasteiger partial charge on any atom is 0.266 e. The molecule has 0 saturated carbocycles. The molecule has 1 aliphatic heterocycles. The van der Waals surface area contributed by atoms with Crippen molar-refractivity contribution in [2.45, 2.75) is 40.5 Å². The number of nitrogens with one attached hydrogen (secondary N) is 1. The second-order valence-corrected chi connectivity index (χ2v) is 8.23. The van der Waals surface area contributed by atoms with Crippen LogP contribution in [0.3, 0.4) is 0 Å². The standard InChI is InChI=1S/C21H24N4OS/c1-12-8-7-9-16(13(12)2)24-20(26)18-14(3)17-19(25-10-5-6-11-25)22-15(4)23-21(17)27-18/h7-9H,5-6,10-11H2,1-4H3,(H,24,26). The number of aryl methyl sites for hydroxylation is 3. The quantitative estimate of drug-likeness (QED) is 0.710. The second kappa shape index (κ2) is 6.93. The highest BCUT2D eigenvalue weighted by Gasteiger charge is 2.24. The van der Waals surface area contributed by atoms with Gasteiger partial charge in [0, 0.05) is 18.8 Å². The molecular weight excluding hydrogens is 356 g/mol. The van der Waals surface area contributed by atoms with Gasteiger partial charge in [-0.2, -0.15) is 0 Å². The number of rotatable bonds is 3. The molecule has 1 saturated heterocycles. The number of anilines is 2. The molecule has 1 N–H and O–H groups in total. The zero-order valence-corrected chi connectivity index (χ0v) is 17.0. The molecule has 1 aliphatic rings. The lowest BCUT2D eigenvalue weighted by molar-refractivity contribution is 0.103. The van der Waals surface area contributed by atoms with Crippen LogP contribution in [0.25, 0.3) is 10.2 Å². The topological polar surface area (TPSA) is 58.1 Å². The molecule has 6 heteroatoms. The van der Waals surface area contributed by atoms with E-state index in [4.69, 9.17) is 4.98 Å². The highest BCUT2D eigenvalue weighted by Crippen LogP contribution is 2.37. The third-order valence-corrected chi connectivity index (χ3v) is 6.53. The summed E-state index contributed by atoms with van der Waals surface area (Å²) in [6.45, 7) is 10.0. The maximum atomic E-state index is 13.0.